The molecule has 5 nitrogen and oxygen atoms in total. The summed E-state index contributed by atoms with van der Waals surface area (Å²) in [5.74, 6) is 0.110. The van der Waals surface area contributed by atoms with Gasteiger partial charge in [0.1, 0.15) is 23.1 Å². The zero-order valence-electron chi connectivity index (χ0n) is 15.0. The Morgan fingerprint density at radius 1 is 1.11 bits per heavy atom. The molecule has 28 heavy (non-hydrogen) atoms. The molecule has 0 aliphatic carbocycles. The molecule has 140 valence electrons. The van der Waals surface area contributed by atoms with Crippen LogP contribution in [0.3, 0.4) is 0 Å². The maximum Gasteiger partial charge on any atom is 0.248 e. The topological polar surface area (TPSA) is 61.9 Å². The van der Waals surface area contributed by atoms with Gasteiger partial charge in [0.05, 0.1) is 12.1 Å². The fourth-order valence-corrected chi connectivity index (χ4v) is 3.33. The van der Waals surface area contributed by atoms with Crippen molar-refractivity contribution in [2.45, 2.75) is 13.5 Å². The number of aromatic amines is 1. The van der Waals surface area contributed by atoms with Gasteiger partial charge in [0.2, 0.25) is 5.56 Å². The predicted molar refractivity (Wildman–Crippen MR) is 109 cm³/mol. The van der Waals surface area contributed by atoms with Gasteiger partial charge >= 0.3 is 0 Å². The lowest BCUT2D eigenvalue weighted by atomic mass is 10.1. The minimum atomic E-state index is -0.469. The summed E-state index contributed by atoms with van der Waals surface area (Å²) in [7, 11) is 0. The summed E-state index contributed by atoms with van der Waals surface area (Å²) in [6, 6.07) is 15.7. The molecule has 0 radical (unpaired) electrons. The van der Waals surface area contributed by atoms with Crippen molar-refractivity contribution in [2.24, 2.45) is 0 Å². The van der Waals surface area contributed by atoms with Crippen LogP contribution in [0.1, 0.15) is 11.1 Å². The first-order chi connectivity index (χ1) is 13.5. The summed E-state index contributed by atoms with van der Waals surface area (Å²) in [6.07, 6.45) is 1.38. The van der Waals surface area contributed by atoms with Crippen molar-refractivity contribution >= 4 is 34.0 Å². The van der Waals surface area contributed by atoms with E-state index in [9.17, 15) is 9.18 Å². The summed E-state index contributed by atoms with van der Waals surface area (Å²) in [5.41, 5.74) is 2.45. The lowest BCUT2D eigenvalue weighted by molar-refractivity contribution is 0.636. The van der Waals surface area contributed by atoms with E-state index in [0.29, 0.717) is 28.5 Å². The Morgan fingerprint density at radius 3 is 2.71 bits per heavy atom. The van der Waals surface area contributed by atoms with E-state index in [-0.39, 0.29) is 11.1 Å². The van der Waals surface area contributed by atoms with Gasteiger partial charge in [-0.15, -0.1) is 0 Å². The highest BCUT2D eigenvalue weighted by molar-refractivity contribution is 6.29. The minimum absolute atomic E-state index is 0.190. The molecule has 2 heterocycles. The van der Waals surface area contributed by atoms with Crippen molar-refractivity contribution in [2.75, 3.05) is 4.90 Å². The van der Waals surface area contributed by atoms with E-state index in [1.807, 2.05) is 36.1 Å². The largest absolute Gasteiger partial charge is 0.322 e. The number of nitrogens with one attached hydrogen (secondary N) is 1. The van der Waals surface area contributed by atoms with Gasteiger partial charge in [-0.3, -0.25) is 4.79 Å². The molecular formula is C21H16ClFN4O. The molecule has 2 aromatic carbocycles. The Balaban J connectivity index is 1.88. The second-order valence-electron chi connectivity index (χ2n) is 6.45. The lowest BCUT2D eigenvalue weighted by Gasteiger charge is -2.25. The van der Waals surface area contributed by atoms with Crippen LogP contribution in [0, 0.1) is 12.7 Å². The normalized spacial score (nSPS) is 11.0. The third-order valence-corrected chi connectivity index (χ3v) is 4.66. The molecule has 4 rings (SSSR count). The van der Waals surface area contributed by atoms with Crippen LogP contribution in [0.4, 0.5) is 15.9 Å². The number of nitrogens with zero attached hydrogens (tertiary/aromatic N) is 3. The van der Waals surface area contributed by atoms with Gasteiger partial charge in [-0.25, -0.2) is 14.4 Å². The highest BCUT2D eigenvalue weighted by Crippen LogP contribution is 2.29. The second-order valence-corrected chi connectivity index (χ2v) is 6.83. The molecule has 0 fully saturated rings. The van der Waals surface area contributed by atoms with E-state index in [4.69, 9.17) is 11.6 Å². The van der Waals surface area contributed by atoms with E-state index >= 15 is 0 Å². The summed E-state index contributed by atoms with van der Waals surface area (Å²) < 4.78 is 14.2. The maximum absolute atomic E-state index is 14.2. The van der Waals surface area contributed by atoms with E-state index in [0.717, 1.165) is 11.3 Å². The van der Waals surface area contributed by atoms with E-state index in [2.05, 4.69) is 15.0 Å². The monoisotopic (exact) mass is 394 g/mol. The number of hydrogen-bond acceptors (Lipinski definition) is 4. The number of hydrogen-bond donors (Lipinski definition) is 1. The summed E-state index contributed by atoms with van der Waals surface area (Å²) in [4.78, 5) is 24.9. The van der Waals surface area contributed by atoms with Gasteiger partial charge < -0.3 is 9.88 Å². The van der Waals surface area contributed by atoms with Gasteiger partial charge in [0.25, 0.3) is 0 Å². The van der Waals surface area contributed by atoms with Crippen molar-refractivity contribution < 1.29 is 4.39 Å². The molecule has 4 aromatic rings. The van der Waals surface area contributed by atoms with Crippen LogP contribution < -0.4 is 10.5 Å². The first-order valence-corrected chi connectivity index (χ1v) is 9.01. The van der Waals surface area contributed by atoms with Crippen LogP contribution in [0.25, 0.3) is 10.9 Å². The zero-order chi connectivity index (χ0) is 19.7. The van der Waals surface area contributed by atoms with Crippen molar-refractivity contribution in [3.63, 3.8) is 0 Å². The van der Waals surface area contributed by atoms with Crippen LogP contribution in [-0.4, -0.2) is 15.0 Å². The average molecular weight is 395 g/mol. The summed E-state index contributed by atoms with van der Waals surface area (Å²) in [6.45, 7) is 2.30. The van der Waals surface area contributed by atoms with E-state index in [1.165, 1.54) is 18.5 Å². The molecular weight excluding hydrogens is 379 g/mol. The quantitative estimate of drug-likeness (QED) is 0.507. The number of pyridine rings is 1. The van der Waals surface area contributed by atoms with Gasteiger partial charge in [0, 0.05) is 23.2 Å². The number of anilines is 2. The molecule has 0 spiro atoms. The average Bonchev–Trinajstić information content (AvgIpc) is 2.67. The van der Waals surface area contributed by atoms with Crippen LogP contribution in [0.5, 0.6) is 0 Å². The van der Waals surface area contributed by atoms with Crippen LogP contribution in [0.15, 0.2) is 65.7 Å². The van der Waals surface area contributed by atoms with E-state index in [1.54, 1.807) is 18.2 Å². The molecule has 1 N–H and O–H groups in total. The Hall–Kier alpha value is -3.25. The van der Waals surface area contributed by atoms with Gasteiger partial charge in [-0.2, -0.15) is 0 Å². The maximum atomic E-state index is 14.2. The van der Waals surface area contributed by atoms with Crippen LogP contribution in [0.2, 0.25) is 5.15 Å². The van der Waals surface area contributed by atoms with Gasteiger partial charge in [-0.1, -0.05) is 35.9 Å². The summed E-state index contributed by atoms with van der Waals surface area (Å²) in [5, 5.41) is 0.946. The number of halogens is 2. The second kappa shape index (κ2) is 7.40. The fourth-order valence-electron chi connectivity index (χ4n) is 3.19. The Kier molecular flexibility index (Phi) is 4.79. The van der Waals surface area contributed by atoms with Crippen molar-refractivity contribution in [1.29, 1.82) is 0 Å². The molecule has 2 aromatic heterocycles. The number of para-hydroxylation sites is 1. The molecule has 0 bridgehead atoms. The number of fused-ring (bicyclic) bond motifs is 1. The predicted octanol–water partition coefficient (Wildman–Crippen LogP) is 4.76. The van der Waals surface area contributed by atoms with Crippen molar-refractivity contribution in [3.05, 3.63) is 93.4 Å². The van der Waals surface area contributed by atoms with Crippen molar-refractivity contribution in [1.82, 2.24) is 15.0 Å². The van der Waals surface area contributed by atoms with Crippen LogP contribution in [-0.2, 0) is 6.54 Å². The number of H-pyrrole nitrogens is 1. The number of aromatic nitrogens is 3. The van der Waals surface area contributed by atoms with Crippen molar-refractivity contribution in [3.8, 4) is 0 Å². The molecule has 0 aliphatic rings. The van der Waals surface area contributed by atoms with Crippen LogP contribution >= 0.6 is 11.6 Å². The third-order valence-electron chi connectivity index (χ3n) is 4.45. The minimum Gasteiger partial charge on any atom is -0.322 e. The SMILES string of the molecule is Cc1cccc(N(Cc2cc(=O)[nH]c3c(F)cccc23)c2cc(Cl)ncn2)c1. The van der Waals surface area contributed by atoms with Gasteiger partial charge in [0.15, 0.2) is 0 Å². The molecule has 7 heteroatoms. The molecule has 0 atom stereocenters. The lowest BCUT2D eigenvalue weighted by Crippen LogP contribution is -2.20. The molecule has 0 saturated carbocycles. The number of benzene rings is 2. The first kappa shape index (κ1) is 18.1. The smallest absolute Gasteiger partial charge is 0.248 e. The third kappa shape index (κ3) is 3.59. The Bertz CT molecular complexity index is 1180. The molecule has 0 saturated heterocycles. The number of rotatable bonds is 4. The molecule has 0 amide bonds. The van der Waals surface area contributed by atoms with Gasteiger partial charge in [-0.05, 0) is 36.2 Å². The highest BCUT2D eigenvalue weighted by Gasteiger charge is 2.16. The number of aryl methyl sites for hydroxylation is 1. The molecule has 0 unspecified atom stereocenters. The highest BCUT2D eigenvalue weighted by atomic mass is 35.5. The zero-order valence-corrected chi connectivity index (χ0v) is 15.7. The Labute approximate surface area is 165 Å². The Morgan fingerprint density at radius 2 is 1.93 bits per heavy atom. The summed E-state index contributed by atoms with van der Waals surface area (Å²) >= 11 is 6.07. The molecule has 0 aliphatic heterocycles. The van der Waals surface area contributed by atoms with E-state index < -0.39 is 5.82 Å². The fraction of sp³-hybridized carbons (Fsp3) is 0.0952. The first-order valence-electron chi connectivity index (χ1n) is 8.63. The standard InChI is InChI=1S/C21H16ClFN4O/c1-13-4-2-5-15(8-13)27(19-10-18(22)24-12-25-19)11-14-9-20(28)26-21-16(14)6-3-7-17(21)23/h2-10,12H,11H2,1H3,(H,26,28).